The molecule has 0 heterocycles. The monoisotopic (exact) mass is 456 g/mol. The molecule has 0 N–H and O–H groups in total. The summed E-state index contributed by atoms with van der Waals surface area (Å²) >= 11 is 0. The molecule has 0 unspecified atom stereocenters. The van der Waals surface area contributed by atoms with Crippen LogP contribution >= 0.6 is 0 Å². The molecule has 0 saturated heterocycles. The Morgan fingerprint density at radius 3 is 2.06 bits per heavy atom. The van der Waals surface area contributed by atoms with E-state index in [4.69, 9.17) is 13.7 Å². The summed E-state index contributed by atoms with van der Waals surface area (Å²) in [5.41, 5.74) is 0.180. The maximum absolute atomic E-state index is 12.6. The zero-order valence-electron chi connectivity index (χ0n) is 20.4. The SMILES string of the molecule is Cc1ccc(S(=O)(=O)OC[C@H](CCC(=O)OC(C)(C)C)C[C@H](C)COC(C)(C)C)cc1. The van der Waals surface area contributed by atoms with Gasteiger partial charge in [0.05, 0.1) is 17.1 Å². The summed E-state index contributed by atoms with van der Waals surface area (Å²) in [5, 5.41) is 0. The van der Waals surface area contributed by atoms with Crippen molar-refractivity contribution in [2.75, 3.05) is 13.2 Å². The topological polar surface area (TPSA) is 78.9 Å². The van der Waals surface area contributed by atoms with E-state index < -0.39 is 15.7 Å². The predicted molar refractivity (Wildman–Crippen MR) is 122 cm³/mol. The maximum Gasteiger partial charge on any atom is 0.306 e. The largest absolute Gasteiger partial charge is 0.460 e. The molecular formula is C24H40O6S. The third kappa shape index (κ3) is 12.2. The molecule has 2 atom stereocenters. The highest BCUT2D eigenvalue weighted by Crippen LogP contribution is 2.23. The van der Waals surface area contributed by atoms with Crippen LogP contribution in [0.15, 0.2) is 29.2 Å². The Morgan fingerprint density at radius 2 is 1.55 bits per heavy atom. The molecule has 0 fully saturated rings. The molecule has 7 heteroatoms. The summed E-state index contributed by atoms with van der Waals surface area (Å²) in [6, 6.07) is 6.56. The Balaban J connectivity index is 2.78. The summed E-state index contributed by atoms with van der Waals surface area (Å²) in [7, 11) is -3.86. The van der Waals surface area contributed by atoms with Crippen molar-refractivity contribution in [3.63, 3.8) is 0 Å². The van der Waals surface area contributed by atoms with Crippen LogP contribution in [0.2, 0.25) is 0 Å². The first-order valence-electron chi connectivity index (χ1n) is 10.9. The molecule has 178 valence electrons. The van der Waals surface area contributed by atoms with Crippen molar-refractivity contribution in [3.05, 3.63) is 29.8 Å². The second-order valence-corrected chi connectivity index (χ2v) is 11.9. The molecule has 0 spiro atoms. The molecule has 1 rings (SSSR count). The molecule has 1 aromatic rings. The van der Waals surface area contributed by atoms with Crippen molar-refractivity contribution in [1.82, 2.24) is 0 Å². The lowest BCUT2D eigenvalue weighted by Crippen LogP contribution is -2.26. The van der Waals surface area contributed by atoms with Gasteiger partial charge in [0.25, 0.3) is 10.1 Å². The molecular weight excluding hydrogens is 416 g/mol. The molecule has 0 aliphatic heterocycles. The quantitative estimate of drug-likeness (QED) is 0.333. The second kappa shape index (κ2) is 11.4. The van der Waals surface area contributed by atoms with E-state index in [1.165, 1.54) is 0 Å². The summed E-state index contributed by atoms with van der Waals surface area (Å²) in [4.78, 5) is 12.3. The van der Waals surface area contributed by atoms with Crippen molar-refractivity contribution >= 4 is 16.1 Å². The predicted octanol–water partition coefficient (Wildman–Crippen LogP) is 5.28. The smallest absolute Gasteiger partial charge is 0.306 e. The molecule has 0 bridgehead atoms. The van der Waals surface area contributed by atoms with Gasteiger partial charge in [-0.05, 0) is 85.3 Å². The molecule has 0 aliphatic rings. The number of carbonyl (C=O) groups is 1. The first kappa shape index (κ1) is 27.6. The van der Waals surface area contributed by atoms with Crippen molar-refractivity contribution in [3.8, 4) is 0 Å². The van der Waals surface area contributed by atoms with Crippen LogP contribution in [0.3, 0.4) is 0 Å². The fourth-order valence-electron chi connectivity index (χ4n) is 2.97. The van der Waals surface area contributed by atoms with E-state index in [1.54, 1.807) is 24.3 Å². The van der Waals surface area contributed by atoms with Gasteiger partial charge in [-0.2, -0.15) is 8.42 Å². The molecule has 31 heavy (non-hydrogen) atoms. The van der Waals surface area contributed by atoms with Crippen LogP contribution in [0.25, 0.3) is 0 Å². The first-order chi connectivity index (χ1) is 14.1. The number of rotatable bonds is 11. The molecule has 0 aromatic heterocycles. The number of benzene rings is 1. The number of ether oxygens (including phenoxy) is 2. The average Bonchev–Trinajstić information content (AvgIpc) is 2.60. The van der Waals surface area contributed by atoms with E-state index in [1.807, 2.05) is 48.5 Å². The molecule has 1 aromatic carbocycles. The second-order valence-electron chi connectivity index (χ2n) is 10.3. The number of aryl methyl sites for hydroxylation is 1. The summed E-state index contributed by atoms with van der Waals surface area (Å²) in [6.45, 7) is 16.0. The van der Waals surface area contributed by atoms with Gasteiger partial charge in [0.1, 0.15) is 5.60 Å². The normalized spacial score (nSPS) is 14.8. The minimum absolute atomic E-state index is 0.0128. The Hall–Kier alpha value is -1.44. The first-order valence-corrected chi connectivity index (χ1v) is 12.3. The third-order valence-corrected chi connectivity index (χ3v) is 5.78. The van der Waals surface area contributed by atoms with Gasteiger partial charge in [0.15, 0.2) is 0 Å². The van der Waals surface area contributed by atoms with Crippen molar-refractivity contribution in [2.24, 2.45) is 11.8 Å². The number of esters is 1. The lowest BCUT2D eigenvalue weighted by Gasteiger charge is -2.25. The van der Waals surface area contributed by atoms with E-state index >= 15 is 0 Å². The molecule has 0 amide bonds. The van der Waals surface area contributed by atoms with Gasteiger partial charge in [-0.1, -0.05) is 24.6 Å². The van der Waals surface area contributed by atoms with Crippen molar-refractivity contribution < 1.29 is 26.9 Å². The maximum atomic E-state index is 12.6. The third-order valence-electron chi connectivity index (χ3n) is 4.48. The van der Waals surface area contributed by atoms with E-state index in [9.17, 15) is 13.2 Å². The number of hydrogen-bond acceptors (Lipinski definition) is 6. The highest BCUT2D eigenvalue weighted by Gasteiger charge is 2.23. The van der Waals surface area contributed by atoms with E-state index in [0.717, 1.165) is 5.56 Å². The van der Waals surface area contributed by atoms with E-state index in [-0.39, 0.29) is 41.3 Å². The minimum atomic E-state index is -3.86. The zero-order chi connectivity index (χ0) is 23.9. The van der Waals surface area contributed by atoms with E-state index in [0.29, 0.717) is 19.4 Å². The number of carbonyl (C=O) groups excluding carboxylic acids is 1. The van der Waals surface area contributed by atoms with Crippen LogP contribution in [0, 0.1) is 18.8 Å². The van der Waals surface area contributed by atoms with Crippen molar-refractivity contribution in [1.29, 1.82) is 0 Å². The lowest BCUT2D eigenvalue weighted by atomic mass is 9.93. The zero-order valence-corrected chi connectivity index (χ0v) is 21.2. The number of hydrogen-bond donors (Lipinski definition) is 0. The Kier molecular flexibility index (Phi) is 10.2. The molecule has 0 aliphatic carbocycles. The van der Waals surface area contributed by atoms with Crippen LogP contribution < -0.4 is 0 Å². The fourth-order valence-corrected chi connectivity index (χ4v) is 3.95. The summed E-state index contributed by atoms with van der Waals surface area (Å²) < 4.78 is 41.8. The van der Waals surface area contributed by atoms with Crippen LogP contribution in [0.1, 0.15) is 73.3 Å². The van der Waals surface area contributed by atoms with Crippen LogP contribution in [0.5, 0.6) is 0 Å². The summed E-state index contributed by atoms with van der Waals surface area (Å²) in [5.74, 6) is -0.225. The highest BCUT2D eigenvalue weighted by atomic mass is 32.2. The Labute approximate surface area is 188 Å². The van der Waals surface area contributed by atoms with Crippen molar-refractivity contribution in [2.45, 2.75) is 90.7 Å². The van der Waals surface area contributed by atoms with Gasteiger partial charge in [-0.3, -0.25) is 8.98 Å². The minimum Gasteiger partial charge on any atom is -0.460 e. The fraction of sp³-hybridized carbons (Fsp3) is 0.708. The van der Waals surface area contributed by atoms with Gasteiger partial charge >= 0.3 is 5.97 Å². The highest BCUT2D eigenvalue weighted by molar-refractivity contribution is 7.86. The van der Waals surface area contributed by atoms with E-state index in [2.05, 4.69) is 6.92 Å². The summed E-state index contributed by atoms with van der Waals surface area (Å²) in [6.07, 6.45) is 1.38. The Morgan fingerprint density at radius 1 is 0.968 bits per heavy atom. The van der Waals surface area contributed by atoms with Gasteiger partial charge in [-0.25, -0.2) is 0 Å². The Bertz CT molecular complexity index is 785. The van der Waals surface area contributed by atoms with Gasteiger partial charge in [0, 0.05) is 13.0 Å². The average molecular weight is 457 g/mol. The lowest BCUT2D eigenvalue weighted by molar-refractivity contribution is -0.155. The van der Waals surface area contributed by atoms with Gasteiger partial charge < -0.3 is 9.47 Å². The van der Waals surface area contributed by atoms with Gasteiger partial charge in [-0.15, -0.1) is 0 Å². The molecule has 0 radical (unpaired) electrons. The molecule has 6 nitrogen and oxygen atoms in total. The van der Waals surface area contributed by atoms with Crippen LogP contribution in [-0.2, 0) is 28.6 Å². The van der Waals surface area contributed by atoms with Crippen LogP contribution in [0.4, 0.5) is 0 Å². The van der Waals surface area contributed by atoms with Gasteiger partial charge in [0.2, 0.25) is 0 Å². The molecule has 0 saturated carbocycles. The standard InChI is InChI=1S/C24H40O6S/c1-18-9-12-21(13-10-18)31(26,27)29-17-20(11-14-22(25)30-24(6,7)8)15-19(2)16-28-23(3,4)5/h9-10,12-13,19-20H,11,14-17H2,1-8H3/t19-,20+/m0/s1. The van der Waals surface area contributed by atoms with Crippen LogP contribution in [-0.4, -0.2) is 38.8 Å².